The number of carbonyl (C=O) groups is 2. The number of benzene rings is 2. The van der Waals surface area contributed by atoms with Crippen molar-refractivity contribution in [2.75, 3.05) is 44.0 Å². The lowest BCUT2D eigenvalue weighted by atomic mass is 9.87. The van der Waals surface area contributed by atoms with Gasteiger partial charge in [-0.2, -0.15) is 4.79 Å². The second kappa shape index (κ2) is 11.7. The molecule has 0 saturated carbocycles. The molecule has 35 heavy (non-hydrogen) atoms. The zero-order valence-electron chi connectivity index (χ0n) is 22.1. The maximum Gasteiger partial charge on any atom is 0.545 e. The van der Waals surface area contributed by atoms with Crippen molar-refractivity contribution >= 4 is 23.5 Å². The van der Waals surface area contributed by atoms with Crippen molar-refractivity contribution < 1.29 is 18.9 Å². The van der Waals surface area contributed by atoms with Gasteiger partial charge in [0, 0.05) is 51.4 Å². The molecule has 2 aromatic carbocycles. The number of quaternary nitrogens is 1. The van der Waals surface area contributed by atoms with Crippen LogP contribution < -0.4 is 10.2 Å². The number of nitrogens with zero attached hydrogens (tertiary/aromatic N) is 3. The first-order chi connectivity index (χ1) is 16.7. The van der Waals surface area contributed by atoms with E-state index in [-0.39, 0.29) is 18.6 Å². The van der Waals surface area contributed by atoms with Crippen molar-refractivity contribution in [1.82, 2.24) is 5.01 Å². The normalized spacial score (nSPS) is 17.0. The highest BCUT2D eigenvalue weighted by Gasteiger charge is 2.57. The number of nitrogens with one attached hydrogen (secondary N) is 1. The predicted molar refractivity (Wildman–Crippen MR) is 141 cm³/mol. The monoisotopic (exact) mass is 481 g/mol. The molecule has 2 unspecified atom stereocenters. The van der Waals surface area contributed by atoms with Gasteiger partial charge in [0.1, 0.15) is 6.04 Å². The van der Waals surface area contributed by atoms with E-state index in [1.54, 1.807) is 19.1 Å². The Kier molecular flexibility index (Phi) is 8.92. The number of aryl methyl sites for hydroxylation is 1. The van der Waals surface area contributed by atoms with Gasteiger partial charge in [0.05, 0.1) is 6.61 Å². The zero-order chi connectivity index (χ0) is 25.6. The van der Waals surface area contributed by atoms with E-state index < -0.39 is 16.7 Å². The number of ether oxygens (including phenoxy) is 1. The highest BCUT2D eigenvalue weighted by Crippen LogP contribution is 2.32. The maximum atomic E-state index is 14.0. The van der Waals surface area contributed by atoms with Crippen LogP contribution in [0.2, 0.25) is 0 Å². The minimum absolute atomic E-state index is 0.172. The number of carbonyl (C=O) groups excluding carboxylic acids is 2. The van der Waals surface area contributed by atoms with E-state index in [1.807, 2.05) is 50.2 Å². The van der Waals surface area contributed by atoms with Crippen molar-refractivity contribution in [3.63, 3.8) is 0 Å². The van der Waals surface area contributed by atoms with Gasteiger partial charge in [-0.3, -0.25) is 5.32 Å². The van der Waals surface area contributed by atoms with Crippen LogP contribution in [0.15, 0.2) is 48.5 Å². The quantitative estimate of drug-likeness (QED) is 0.387. The number of imide groups is 1. The van der Waals surface area contributed by atoms with Crippen LogP contribution in [-0.2, 0) is 17.6 Å². The molecular weight excluding hydrogens is 440 g/mol. The molecule has 1 aliphatic carbocycles. The fourth-order valence-corrected chi connectivity index (χ4v) is 4.96. The molecule has 0 fully saturated rings. The number of hydrogen-bond donors (Lipinski definition) is 1. The Hall–Kier alpha value is -2.90. The van der Waals surface area contributed by atoms with E-state index in [4.69, 9.17) is 4.74 Å². The first-order valence-electron chi connectivity index (χ1n) is 12.7. The topological polar surface area (TPSA) is 61.9 Å². The zero-order valence-corrected chi connectivity index (χ0v) is 22.1. The van der Waals surface area contributed by atoms with Gasteiger partial charge in [-0.1, -0.05) is 42.7 Å². The lowest BCUT2D eigenvalue weighted by molar-refractivity contribution is -0.915. The molecule has 0 spiro atoms. The number of anilines is 2. The smallest absolute Gasteiger partial charge is 0.418 e. The molecule has 0 saturated heterocycles. The highest BCUT2D eigenvalue weighted by molar-refractivity contribution is 5.90. The van der Waals surface area contributed by atoms with Crippen LogP contribution in [0.4, 0.5) is 21.0 Å². The van der Waals surface area contributed by atoms with Gasteiger partial charge >= 0.3 is 12.1 Å². The second-order valence-electron chi connectivity index (χ2n) is 9.82. The molecule has 3 amide bonds. The first kappa shape index (κ1) is 26.7. The summed E-state index contributed by atoms with van der Waals surface area (Å²) in [7, 11) is 3.56. The lowest BCUT2D eigenvalue weighted by Crippen LogP contribution is -2.71. The number of fused-ring (bicyclic) bond motifs is 1. The minimum Gasteiger partial charge on any atom is -0.418 e. The average molecular weight is 482 g/mol. The molecule has 2 aromatic rings. The Bertz CT molecular complexity index is 1000. The molecule has 0 bridgehead atoms. The summed E-state index contributed by atoms with van der Waals surface area (Å²) in [6.07, 6.45) is 1.61. The largest absolute Gasteiger partial charge is 0.545 e. The van der Waals surface area contributed by atoms with E-state index in [0.29, 0.717) is 18.5 Å². The van der Waals surface area contributed by atoms with Crippen molar-refractivity contribution in [3.05, 3.63) is 59.7 Å². The molecular formula is C28H41N4O3+. The molecule has 7 heteroatoms. The Morgan fingerprint density at radius 3 is 2.23 bits per heavy atom. The van der Waals surface area contributed by atoms with Gasteiger partial charge < -0.3 is 9.64 Å². The van der Waals surface area contributed by atoms with Crippen molar-refractivity contribution in [2.45, 2.75) is 53.0 Å². The maximum absolute atomic E-state index is 14.0. The summed E-state index contributed by atoms with van der Waals surface area (Å²) >= 11 is 0. The Labute approximate surface area is 210 Å². The lowest BCUT2D eigenvalue weighted by Gasteiger charge is -2.42. The third-order valence-electron chi connectivity index (χ3n) is 6.86. The second-order valence-corrected chi connectivity index (χ2v) is 9.82. The van der Waals surface area contributed by atoms with Crippen molar-refractivity contribution in [2.24, 2.45) is 5.92 Å². The average Bonchev–Trinajstić information content (AvgIpc) is 2.84. The number of amides is 3. The Morgan fingerprint density at radius 1 is 1.03 bits per heavy atom. The summed E-state index contributed by atoms with van der Waals surface area (Å²) in [4.78, 5) is 30.0. The summed E-state index contributed by atoms with van der Waals surface area (Å²) in [6, 6.07) is 15.4. The van der Waals surface area contributed by atoms with Gasteiger partial charge in [0.2, 0.25) is 0 Å². The molecule has 0 aromatic heterocycles. The fourth-order valence-electron chi connectivity index (χ4n) is 4.96. The highest BCUT2D eigenvalue weighted by atomic mass is 16.6. The van der Waals surface area contributed by atoms with E-state index >= 15 is 0 Å². The van der Waals surface area contributed by atoms with Crippen molar-refractivity contribution in [3.8, 4) is 0 Å². The van der Waals surface area contributed by atoms with E-state index in [9.17, 15) is 9.59 Å². The number of rotatable bonds is 8. The molecule has 3 rings (SSSR count). The summed E-state index contributed by atoms with van der Waals surface area (Å²) in [5.41, 5.74) is 4.22. The summed E-state index contributed by atoms with van der Waals surface area (Å²) in [6.45, 7) is 10.3. The van der Waals surface area contributed by atoms with Crippen LogP contribution in [0.1, 0.15) is 45.2 Å². The summed E-state index contributed by atoms with van der Waals surface area (Å²) in [5, 5.41) is 4.72. The molecule has 0 heterocycles. The van der Waals surface area contributed by atoms with Crippen LogP contribution >= 0.6 is 0 Å². The van der Waals surface area contributed by atoms with E-state index in [2.05, 4.69) is 36.2 Å². The van der Waals surface area contributed by atoms with E-state index in [0.717, 1.165) is 25.2 Å². The third-order valence-corrected chi connectivity index (χ3v) is 6.86. The van der Waals surface area contributed by atoms with Gasteiger partial charge in [0.15, 0.2) is 0 Å². The SMILES string of the molecule is CCN(CC)c1ccc(NC(=O)[N+](C(=O)OCC(C)C)(C2CCc3ccccc3C2)N(C)C)cc1. The van der Waals surface area contributed by atoms with Crippen LogP contribution in [-0.4, -0.2) is 61.6 Å². The van der Waals surface area contributed by atoms with Crippen LogP contribution in [0.3, 0.4) is 0 Å². The molecule has 7 nitrogen and oxygen atoms in total. The Balaban J connectivity index is 1.95. The minimum atomic E-state index is -0.537. The Morgan fingerprint density at radius 2 is 1.66 bits per heavy atom. The molecule has 2 atom stereocenters. The van der Waals surface area contributed by atoms with Crippen LogP contribution in [0.5, 0.6) is 0 Å². The molecule has 0 radical (unpaired) electrons. The van der Waals surface area contributed by atoms with E-state index in [1.165, 1.54) is 11.1 Å². The van der Waals surface area contributed by atoms with Gasteiger partial charge in [-0.25, -0.2) is 4.79 Å². The molecule has 1 aliphatic rings. The van der Waals surface area contributed by atoms with Crippen molar-refractivity contribution in [1.29, 1.82) is 0 Å². The third kappa shape index (κ3) is 5.68. The molecule has 190 valence electrons. The summed E-state index contributed by atoms with van der Waals surface area (Å²) in [5.74, 6) is 0.172. The summed E-state index contributed by atoms with van der Waals surface area (Å²) < 4.78 is 5.21. The van der Waals surface area contributed by atoms with Gasteiger partial charge in [-0.15, -0.1) is 5.01 Å². The molecule has 0 aliphatic heterocycles. The first-order valence-corrected chi connectivity index (χ1v) is 12.7. The predicted octanol–water partition coefficient (Wildman–Crippen LogP) is 5.71. The van der Waals surface area contributed by atoms with Crippen LogP contribution in [0, 0.1) is 5.92 Å². The number of hydrogen-bond acceptors (Lipinski definition) is 5. The standard InChI is InChI=1S/C28H40N4O3/c1-7-31(8-2)25-16-14-24(15-17-25)29-27(33)32(30(5)6,28(34)35-20-21(3)4)26-18-13-22-11-9-10-12-23(22)19-26/h9-12,14-17,21,26H,7-8,13,18-20H2,1-6H3/p+1. The fraction of sp³-hybridized carbons (Fsp3) is 0.500. The van der Waals surface area contributed by atoms with Crippen LogP contribution in [0.25, 0.3) is 0 Å². The van der Waals surface area contributed by atoms with Gasteiger partial charge in [0.25, 0.3) is 0 Å². The van der Waals surface area contributed by atoms with Gasteiger partial charge in [-0.05, 0) is 61.6 Å². The molecule has 1 N–H and O–H groups in total. The number of urea groups is 1.